The average molecular weight is 279 g/mol. The topological polar surface area (TPSA) is 86.1 Å². The molecule has 0 heterocycles. The Balaban J connectivity index is 2.49. The summed E-state index contributed by atoms with van der Waals surface area (Å²) in [4.78, 5) is 15.2. The number of Topliss-reactive ketones (excluding diaryl/α,β-unsaturated/α-hetero) is 1. The van der Waals surface area contributed by atoms with Gasteiger partial charge in [-0.15, -0.1) is 11.8 Å². The van der Waals surface area contributed by atoms with Gasteiger partial charge in [0.2, 0.25) is 0 Å². The van der Waals surface area contributed by atoms with Gasteiger partial charge in [-0.25, -0.2) is 0 Å². The van der Waals surface area contributed by atoms with Gasteiger partial charge in [-0.1, -0.05) is 23.3 Å². The third-order valence-corrected chi connectivity index (χ3v) is 3.86. The average Bonchev–Trinajstić information content (AvgIpc) is 2.42. The Kier molecular flexibility index (Phi) is 7.03. The summed E-state index contributed by atoms with van der Waals surface area (Å²) in [5, 5.41) is 13.0. The van der Waals surface area contributed by atoms with Crippen LogP contribution in [0.25, 0.3) is 10.4 Å². The Labute approximate surface area is 116 Å². The molecule has 0 aliphatic carbocycles. The minimum Gasteiger partial charge on any atom is -0.393 e. The van der Waals surface area contributed by atoms with Crippen LogP contribution in [0, 0.1) is 5.92 Å². The van der Waals surface area contributed by atoms with Crippen molar-refractivity contribution < 1.29 is 9.90 Å². The van der Waals surface area contributed by atoms with Crippen molar-refractivity contribution in [2.24, 2.45) is 11.0 Å². The Hall–Kier alpha value is -1.49. The highest BCUT2D eigenvalue weighted by atomic mass is 32.2. The van der Waals surface area contributed by atoms with Crippen LogP contribution < -0.4 is 0 Å². The minimum absolute atomic E-state index is 0.0102. The summed E-state index contributed by atoms with van der Waals surface area (Å²) in [6.07, 6.45) is -0.435. The molecule has 2 atom stereocenters. The normalized spacial score (nSPS) is 13.4. The van der Waals surface area contributed by atoms with E-state index in [0.717, 1.165) is 4.90 Å². The number of carbonyl (C=O) groups excluding carboxylic acids is 1. The Bertz CT molecular complexity index is 446. The van der Waals surface area contributed by atoms with Crippen molar-refractivity contribution in [1.82, 2.24) is 0 Å². The van der Waals surface area contributed by atoms with Gasteiger partial charge < -0.3 is 5.11 Å². The molecule has 5 nitrogen and oxygen atoms in total. The molecule has 0 fully saturated rings. The number of nitrogens with zero attached hydrogens (tertiary/aromatic N) is 3. The van der Waals surface area contributed by atoms with Crippen molar-refractivity contribution in [2.45, 2.75) is 24.3 Å². The van der Waals surface area contributed by atoms with E-state index in [9.17, 15) is 9.90 Å². The first kappa shape index (κ1) is 15.6. The fraction of sp³-hybridized carbons (Fsp3) is 0.462. The summed E-state index contributed by atoms with van der Waals surface area (Å²) < 4.78 is 0. The van der Waals surface area contributed by atoms with Gasteiger partial charge in [0.1, 0.15) is 5.78 Å². The van der Waals surface area contributed by atoms with E-state index >= 15 is 0 Å². The molecule has 0 bridgehead atoms. The number of benzene rings is 1. The first-order valence-corrected chi connectivity index (χ1v) is 6.99. The molecule has 1 aromatic carbocycles. The largest absolute Gasteiger partial charge is 0.393 e. The third-order valence-electron chi connectivity index (χ3n) is 2.68. The number of ketones is 1. The number of carbonyl (C=O) groups is 1. The Morgan fingerprint density at radius 2 is 2.16 bits per heavy atom. The van der Waals surface area contributed by atoms with Gasteiger partial charge >= 0.3 is 0 Å². The van der Waals surface area contributed by atoms with Crippen molar-refractivity contribution >= 4 is 17.5 Å². The van der Waals surface area contributed by atoms with Crippen LogP contribution in [0.4, 0.5) is 0 Å². The maximum absolute atomic E-state index is 11.5. The molecule has 102 valence electrons. The second kappa shape index (κ2) is 8.58. The smallest absolute Gasteiger partial charge is 0.133 e. The highest BCUT2D eigenvalue weighted by Gasteiger charge is 2.18. The van der Waals surface area contributed by atoms with E-state index in [0.29, 0.717) is 12.2 Å². The zero-order chi connectivity index (χ0) is 14.1. The summed E-state index contributed by atoms with van der Waals surface area (Å²) >= 11 is 1.59. The summed E-state index contributed by atoms with van der Waals surface area (Å²) in [7, 11) is 0. The highest BCUT2D eigenvalue weighted by molar-refractivity contribution is 7.99. The molecule has 1 aromatic rings. The fourth-order valence-electron chi connectivity index (χ4n) is 1.60. The number of aliphatic hydroxyl groups excluding tert-OH is 1. The lowest BCUT2D eigenvalue weighted by Gasteiger charge is -2.16. The van der Waals surface area contributed by atoms with Crippen molar-refractivity contribution in [1.29, 1.82) is 0 Å². The summed E-state index contributed by atoms with van der Waals surface area (Å²) in [6, 6.07) is 9.80. The van der Waals surface area contributed by atoms with Gasteiger partial charge in [0, 0.05) is 21.5 Å². The number of thioether (sulfide) groups is 1. The van der Waals surface area contributed by atoms with E-state index in [1.807, 2.05) is 30.3 Å². The monoisotopic (exact) mass is 279 g/mol. The molecule has 0 saturated heterocycles. The number of azide groups is 1. The van der Waals surface area contributed by atoms with Crippen molar-refractivity contribution in [3.05, 3.63) is 40.8 Å². The molecule has 1 rings (SSSR count). The molecule has 1 N–H and O–H groups in total. The van der Waals surface area contributed by atoms with E-state index in [4.69, 9.17) is 5.53 Å². The first-order valence-electron chi connectivity index (χ1n) is 6.00. The number of hydrogen-bond acceptors (Lipinski definition) is 4. The molecule has 0 aliphatic rings. The molecule has 0 aliphatic heterocycles. The molecule has 19 heavy (non-hydrogen) atoms. The highest BCUT2D eigenvalue weighted by Crippen LogP contribution is 2.23. The quantitative estimate of drug-likeness (QED) is 0.343. The molecular formula is C13H17N3O2S. The molecule has 0 radical (unpaired) electrons. The predicted octanol–water partition coefficient (Wildman–Crippen LogP) is 3.05. The van der Waals surface area contributed by atoms with E-state index < -0.39 is 6.10 Å². The molecule has 0 amide bonds. The maximum atomic E-state index is 11.5. The van der Waals surface area contributed by atoms with Gasteiger partial charge in [0.05, 0.1) is 12.6 Å². The van der Waals surface area contributed by atoms with Crippen molar-refractivity contribution in [2.75, 3.05) is 12.3 Å². The molecular weight excluding hydrogens is 262 g/mol. The number of rotatable bonds is 8. The second-order valence-electron chi connectivity index (χ2n) is 4.23. The van der Waals surface area contributed by atoms with Gasteiger partial charge in [0.25, 0.3) is 0 Å². The summed E-state index contributed by atoms with van der Waals surface area (Å²) in [5.74, 6) is 0.435. The number of aliphatic hydroxyl groups is 1. The van der Waals surface area contributed by atoms with E-state index in [1.54, 1.807) is 11.8 Å². The SMILES string of the molecule is CC(=O)[C@H](CSc1ccccc1)C[C@H](O)CN=[N+]=[N-]. The number of hydrogen-bond donors (Lipinski definition) is 1. The zero-order valence-corrected chi connectivity index (χ0v) is 11.6. The molecule has 0 unspecified atom stereocenters. The Morgan fingerprint density at radius 1 is 1.47 bits per heavy atom. The summed E-state index contributed by atoms with van der Waals surface area (Å²) in [6.45, 7) is 1.53. The van der Waals surface area contributed by atoms with Crippen LogP contribution in [0.2, 0.25) is 0 Å². The molecule has 0 spiro atoms. The van der Waals surface area contributed by atoms with E-state index in [1.165, 1.54) is 6.92 Å². The first-order chi connectivity index (χ1) is 9.13. The zero-order valence-electron chi connectivity index (χ0n) is 10.8. The predicted molar refractivity (Wildman–Crippen MR) is 76.0 cm³/mol. The third kappa shape index (κ3) is 6.29. The molecule has 0 saturated carbocycles. The van der Waals surface area contributed by atoms with Gasteiger partial charge in [-0.3, -0.25) is 4.79 Å². The van der Waals surface area contributed by atoms with Crippen LogP contribution in [-0.4, -0.2) is 29.3 Å². The van der Waals surface area contributed by atoms with Crippen LogP contribution in [0.15, 0.2) is 40.3 Å². The van der Waals surface area contributed by atoms with Crippen molar-refractivity contribution in [3.63, 3.8) is 0 Å². The standard InChI is InChI=1S/C13H17N3O2S/c1-10(17)11(7-12(18)8-15-16-14)9-19-13-5-3-2-4-6-13/h2-6,11-12,18H,7-9H2,1H3/t11-,12-/m0/s1. The van der Waals surface area contributed by atoms with E-state index in [-0.39, 0.29) is 18.2 Å². The lowest BCUT2D eigenvalue weighted by Crippen LogP contribution is -2.23. The second-order valence-corrected chi connectivity index (χ2v) is 5.33. The van der Waals surface area contributed by atoms with Crippen LogP contribution in [0.5, 0.6) is 0 Å². The van der Waals surface area contributed by atoms with Crippen LogP contribution >= 0.6 is 11.8 Å². The summed E-state index contributed by atoms with van der Waals surface area (Å²) in [5.41, 5.74) is 8.19. The lowest BCUT2D eigenvalue weighted by molar-refractivity contribution is -0.120. The lowest BCUT2D eigenvalue weighted by atomic mass is 10.00. The van der Waals surface area contributed by atoms with Crippen molar-refractivity contribution in [3.8, 4) is 0 Å². The van der Waals surface area contributed by atoms with Crippen LogP contribution in [0.3, 0.4) is 0 Å². The van der Waals surface area contributed by atoms with Gasteiger partial charge in [0.15, 0.2) is 0 Å². The van der Waals surface area contributed by atoms with E-state index in [2.05, 4.69) is 10.0 Å². The minimum atomic E-state index is -0.763. The van der Waals surface area contributed by atoms with Gasteiger partial charge in [-0.05, 0) is 31.0 Å². The van der Waals surface area contributed by atoms with Crippen LogP contribution in [-0.2, 0) is 4.79 Å². The molecule has 0 aromatic heterocycles. The fourth-order valence-corrected chi connectivity index (χ4v) is 2.71. The Morgan fingerprint density at radius 3 is 2.74 bits per heavy atom. The van der Waals surface area contributed by atoms with Gasteiger partial charge in [-0.2, -0.15) is 0 Å². The molecule has 6 heteroatoms. The van der Waals surface area contributed by atoms with Crippen LogP contribution in [0.1, 0.15) is 13.3 Å². The maximum Gasteiger partial charge on any atom is 0.133 e.